The van der Waals surface area contributed by atoms with Crippen LogP contribution in [0.1, 0.15) is 37.6 Å². The van der Waals surface area contributed by atoms with Crippen LogP contribution in [0, 0.1) is 12.8 Å². The van der Waals surface area contributed by atoms with Crippen molar-refractivity contribution in [3.8, 4) is 17.1 Å². The third kappa shape index (κ3) is 4.31. The molecule has 1 atom stereocenters. The molecule has 150 valence electrons. The van der Waals surface area contributed by atoms with E-state index >= 15 is 0 Å². The Kier molecular flexibility index (Phi) is 5.34. The summed E-state index contributed by atoms with van der Waals surface area (Å²) >= 11 is 0. The number of aromatic nitrogens is 2. The van der Waals surface area contributed by atoms with Crippen LogP contribution in [0.3, 0.4) is 0 Å². The van der Waals surface area contributed by atoms with E-state index in [0.29, 0.717) is 37.2 Å². The van der Waals surface area contributed by atoms with Crippen LogP contribution in [0.2, 0.25) is 0 Å². The molecule has 0 bridgehead atoms. The van der Waals surface area contributed by atoms with Crippen LogP contribution in [-0.2, 0) is 4.79 Å². The molecule has 4 rings (SSSR count). The summed E-state index contributed by atoms with van der Waals surface area (Å²) in [4.78, 5) is 18.9. The molecule has 0 spiro atoms. The summed E-state index contributed by atoms with van der Waals surface area (Å²) in [5, 5.41) is 4.12. The van der Waals surface area contributed by atoms with E-state index in [2.05, 4.69) is 24.0 Å². The maximum atomic E-state index is 12.5. The number of carbonyl (C=O) groups is 1. The molecule has 1 aromatic heterocycles. The second-order valence-electron chi connectivity index (χ2n) is 7.93. The van der Waals surface area contributed by atoms with Gasteiger partial charge in [-0.15, -0.1) is 0 Å². The second-order valence-corrected chi connectivity index (χ2v) is 7.93. The summed E-state index contributed by atoms with van der Waals surface area (Å²) in [6, 6.07) is 15.6. The van der Waals surface area contributed by atoms with E-state index in [9.17, 15) is 4.79 Å². The van der Waals surface area contributed by atoms with Gasteiger partial charge in [0.15, 0.2) is 0 Å². The SMILES string of the molecule is Cc1cccc(N2CC(c3nc(-c4ccc(OCC(C)C)cc4)no3)CC2=O)c1. The Morgan fingerprint density at radius 3 is 2.72 bits per heavy atom. The lowest BCUT2D eigenvalue weighted by Crippen LogP contribution is -2.24. The minimum Gasteiger partial charge on any atom is -0.493 e. The van der Waals surface area contributed by atoms with Gasteiger partial charge in [0.25, 0.3) is 0 Å². The molecule has 3 aromatic rings. The lowest BCUT2D eigenvalue weighted by atomic mass is 10.1. The van der Waals surface area contributed by atoms with Gasteiger partial charge in [-0.25, -0.2) is 0 Å². The molecule has 29 heavy (non-hydrogen) atoms. The normalized spacial score (nSPS) is 16.6. The zero-order valence-corrected chi connectivity index (χ0v) is 17.0. The van der Waals surface area contributed by atoms with Crippen LogP contribution in [0.4, 0.5) is 5.69 Å². The summed E-state index contributed by atoms with van der Waals surface area (Å²) in [5.74, 6) is 2.30. The summed E-state index contributed by atoms with van der Waals surface area (Å²) in [6.07, 6.45) is 0.373. The van der Waals surface area contributed by atoms with Crippen LogP contribution in [0.25, 0.3) is 11.4 Å². The topological polar surface area (TPSA) is 68.5 Å². The fourth-order valence-corrected chi connectivity index (χ4v) is 3.40. The Hall–Kier alpha value is -3.15. The van der Waals surface area contributed by atoms with Gasteiger partial charge in [-0.3, -0.25) is 4.79 Å². The highest BCUT2D eigenvalue weighted by atomic mass is 16.5. The van der Waals surface area contributed by atoms with Crippen molar-refractivity contribution < 1.29 is 14.1 Å². The average Bonchev–Trinajstić information content (AvgIpc) is 3.34. The third-order valence-corrected chi connectivity index (χ3v) is 4.93. The fraction of sp³-hybridized carbons (Fsp3) is 0.348. The zero-order valence-electron chi connectivity index (χ0n) is 17.0. The smallest absolute Gasteiger partial charge is 0.232 e. The van der Waals surface area contributed by atoms with E-state index in [1.807, 2.05) is 55.5 Å². The first-order chi connectivity index (χ1) is 14.0. The van der Waals surface area contributed by atoms with Gasteiger partial charge in [0.1, 0.15) is 5.75 Å². The predicted octanol–water partition coefficient (Wildman–Crippen LogP) is 4.60. The number of hydrogen-bond donors (Lipinski definition) is 0. The van der Waals surface area contributed by atoms with Crippen molar-refractivity contribution in [2.75, 3.05) is 18.1 Å². The van der Waals surface area contributed by atoms with Gasteiger partial charge in [0.2, 0.25) is 17.6 Å². The molecule has 0 radical (unpaired) electrons. The number of anilines is 1. The molecule has 0 aliphatic carbocycles. The van der Waals surface area contributed by atoms with Crippen molar-refractivity contribution in [2.24, 2.45) is 5.92 Å². The lowest BCUT2D eigenvalue weighted by molar-refractivity contribution is -0.117. The van der Waals surface area contributed by atoms with Crippen molar-refractivity contribution in [3.05, 3.63) is 60.0 Å². The van der Waals surface area contributed by atoms with E-state index in [0.717, 1.165) is 22.6 Å². The molecule has 1 unspecified atom stereocenters. The minimum absolute atomic E-state index is 0.0759. The van der Waals surface area contributed by atoms with Gasteiger partial charge in [0.05, 0.1) is 12.5 Å². The molecule has 2 heterocycles. The number of aryl methyl sites for hydroxylation is 1. The monoisotopic (exact) mass is 391 g/mol. The van der Waals surface area contributed by atoms with Crippen LogP contribution in [-0.4, -0.2) is 29.2 Å². The summed E-state index contributed by atoms with van der Waals surface area (Å²) in [7, 11) is 0. The highest BCUT2D eigenvalue weighted by Gasteiger charge is 2.35. The molecular formula is C23H25N3O3. The number of benzene rings is 2. The zero-order chi connectivity index (χ0) is 20.4. The maximum Gasteiger partial charge on any atom is 0.232 e. The number of carbonyl (C=O) groups excluding carboxylic acids is 1. The summed E-state index contributed by atoms with van der Waals surface area (Å²) < 4.78 is 11.2. The molecule has 6 heteroatoms. The van der Waals surface area contributed by atoms with Gasteiger partial charge in [-0.2, -0.15) is 4.98 Å². The first-order valence-electron chi connectivity index (χ1n) is 9.93. The number of ether oxygens (including phenoxy) is 1. The number of hydrogen-bond acceptors (Lipinski definition) is 5. The van der Waals surface area contributed by atoms with Crippen LogP contribution >= 0.6 is 0 Å². The van der Waals surface area contributed by atoms with Crippen molar-refractivity contribution in [1.29, 1.82) is 0 Å². The van der Waals surface area contributed by atoms with Crippen LogP contribution < -0.4 is 9.64 Å². The minimum atomic E-state index is -0.0992. The summed E-state index contributed by atoms with van der Waals surface area (Å²) in [6.45, 7) is 7.47. The third-order valence-electron chi connectivity index (χ3n) is 4.93. The molecule has 2 aromatic carbocycles. The molecule has 1 amide bonds. The van der Waals surface area contributed by atoms with Gasteiger partial charge < -0.3 is 14.2 Å². The largest absolute Gasteiger partial charge is 0.493 e. The standard InChI is InChI=1S/C23H25N3O3/c1-15(2)14-28-20-9-7-17(8-10-20)22-24-23(29-25-22)18-12-21(27)26(13-18)19-6-4-5-16(3)11-19/h4-11,15,18H,12-14H2,1-3H3. The van der Waals surface area contributed by atoms with Crippen molar-refractivity contribution in [3.63, 3.8) is 0 Å². The molecule has 0 N–H and O–H groups in total. The van der Waals surface area contributed by atoms with Gasteiger partial charge in [0, 0.05) is 24.2 Å². The first-order valence-corrected chi connectivity index (χ1v) is 9.93. The molecular weight excluding hydrogens is 366 g/mol. The number of rotatable bonds is 6. The first kappa shape index (κ1) is 19.2. The molecule has 1 aliphatic heterocycles. The number of amides is 1. The highest BCUT2D eigenvalue weighted by Crippen LogP contribution is 2.32. The molecule has 1 fully saturated rings. The molecule has 6 nitrogen and oxygen atoms in total. The van der Waals surface area contributed by atoms with E-state index in [-0.39, 0.29) is 11.8 Å². The van der Waals surface area contributed by atoms with Crippen LogP contribution in [0.5, 0.6) is 5.75 Å². The van der Waals surface area contributed by atoms with Gasteiger partial charge in [-0.1, -0.05) is 31.1 Å². The van der Waals surface area contributed by atoms with Gasteiger partial charge >= 0.3 is 0 Å². The van der Waals surface area contributed by atoms with Crippen LogP contribution in [0.15, 0.2) is 53.1 Å². The molecule has 1 saturated heterocycles. The van der Waals surface area contributed by atoms with Crippen molar-refractivity contribution >= 4 is 11.6 Å². The predicted molar refractivity (Wildman–Crippen MR) is 111 cm³/mol. The Balaban J connectivity index is 1.46. The van der Waals surface area contributed by atoms with Gasteiger partial charge in [-0.05, 0) is 54.8 Å². The second kappa shape index (κ2) is 8.07. The maximum absolute atomic E-state index is 12.5. The van der Waals surface area contributed by atoms with E-state index < -0.39 is 0 Å². The molecule has 1 aliphatic rings. The Labute approximate surface area is 170 Å². The summed E-state index contributed by atoms with van der Waals surface area (Å²) in [5.41, 5.74) is 2.89. The quantitative estimate of drug-likeness (QED) is 0.614. The van der Waals surface area contributed by atoms with E-state index in [1.165, 1.54) is 0 Å². The fourth-order valence-electron chi connectivity index (χ4n) is 3.40. The van der Waals surface area contributed by atoms with Crippen molar-refractivity contribution in [2.45, 2.75) is 33.1 Å². The van der Waals surface area contributed by atoms with Crippen molar-refractivity contribution in [1.82, 2.24) is 10.1 Å². The number of nitrogens with zero attached hydrogens (tertiary/aromatic N) is 3. The Bertz CT molecular complexity index is 995. The lowest BCUT2D eigenvalue weighted by Gasteiger charge is -2.16. The Morgan fingerprint density at radius 2 is 2.00 bits per heavy atom. The molecule has 0 saturated carbocycles. The highest BCUT2D eigenvalue weighted by molar-refractivity contribution is 5.96. The van der Waals surface area contributed by atoms with E-state index in [4.69, 9.17) is 9.26 Å². The Morgan fingerprint density at radius 1 is 1.21 bits per heavy atom. The average molecular weight is 391 g/mol. The van der Waals surface area contributed by atoms with E-state index in [1.54, 1.807) is 4.90 Å².